The summed E-state index contributed by atoms with van der Waals surface area (Å²) in [5.41, 5.74) is 1.39. The Morgan fingerprint density at radius 2 is 1.73 bits per heavy atom. The molecule has 2 fully saturated rings. The molecular formula is C20H27BN2O3. The number of likely N-dealkylation sites (tertiary alicyclic amines) is 1. The second kappa shape index (κ2) is 6.13. The Hall–Kier alpha value is -1.79. The number of carbonyl (C=O) groups is 1. The van der Waals surface area contributed by atoms with E-state index in [-0.39, 0.29) is 24.2 Å². The van der Waals surface area contributed by atoms with Crippen molar-refractivity contribution >= 4 is 29.4 Å². The molecule has 1 amide bonds. The molecular weight excluding hydrogens is 327 g/mol. The molecule has 2 saturated heterocycles. The van der Waals surface area contributed by atoms with Crippen molar-refractivity contribution in [2.45, 2.75) is 58.3 Å². The quantitative estimate of drug-likeness (QED) is 0.796. The lowest BCUT2D eigenvalue weighted by molar-refractivity contribution is -0.130. The number of nitrogens with zero attached hydrogens (tertiary/aromatic N) is 2. The van der Waals surface area contributed by atoms with E-state index in [1.165, 1.54) is 0 Å². The van der Waals surface area contributed by atoms with E-state index >= 15 is 0 Å². The Kier molecular flexibility index (Phi) is 4.16. The molecule has 138 valence electrons. The van der Waals surface area contributed by atoms with Crippen LogP contribution in [0.15, 0.2) is 30.5 Å². The summed E-state index contributed by atoms with van der Waals surface area (Å²) in [7, 11) is -0.362. The van der Waals surface area contributed by atoms with Crippen LogP contribution in [0.2, 0.25) is 0 Å². The van der Waals surface area contributed by atoms with Crippen molar-refractivity contribution in [1.82, 2.24) is 9.47 Å². The van der Waals surface area contributed by atoms with Crippen LogP contribution in [0.5, 0.6) is 0 Å². The van der Waals surface area contributed by atoms with E-state index in [4.69, 9.17) is 9.31 Å². The third kappa shape index (κ3) is 2.95. The molecule has 6 heteroatoms. The molecule has 0 spiro atoms. The van der Waals surface area contributed by atoms with Gasteiger partial charge >= 0.3 is 7.12 Å². The zero-order chi connectivity index (χ0) is 18.5. The molecule has 4 rings (SSSR count). The summed E-state index contributed by atoms with van der Waals surface area (Å²) < 4.78 is 14.3. The predicted molar refractivity (Wildman–Crippen MR) is 103 cm³/mol. The smallest absolute Gasteiger partial charge is 0.399 e. The number of benzene rings is 1. The molecule has 0 saturated carbocycles. The van der Waals surface area contributed by atoms with E-state index in [1.54, 1.807) is 0 Å². The molecule has 2 aliphatic rings. The van der Waals surface area contributed by atoms with Crippen molar-refractivity contribution < 1.29 is 14.1 Å². The summed E-state index contributed by atoms with van der Waals surface area (Å²) in [6.45, 7) is 10.4. The molecule has 5 nitrogen and oxygen atoms in total. The maximum absolute atomic E-state index is 12.4. The standard InChI is InChI=1S/C20H27BN2O3/c1-19(2)20(3,4)26-21(25-19)16-7-8-17-15(13-16)9-12-23(17)14-18(24)22-10-5-6-11-22/h7-9,12-13H,5-6,10-11,14H2,1-4H3. The second-order valence-corrected chi connectivity index (χ2v) is 8.44. The van der Waals surface area contributed by atoms with Crippen LogP contribution in [0.4, 0.5) is 0 Å². The van der Waals surface area contributed by atoms with E-state index < -0.39 is 0 Å². The predicted octanol–water partition coefficient (Wildman–Crippen LogP) is 2.56. The fourth-order valence-electron chi connectivity index (χ4n) is 3.69. The number of carbonyl (C=O) groups excluding carboxylic acids is 1. The van der Waals surface area contributed by atoms with Crippen LogP contribution in [0.25, 0.3) is 10.9 Å². The second-order valence-electron chi connectivity index (χ2n) is 8.44. The van der Waals surface area contributed by atoms with Crippen LogP contribution in [0.1, 0.15) is 40.5 Å². The molecule has 0 N–H and O–H groups in total. The highest BCUT2D eigenvalue weighted by Crippen LogP contribution is 2.36. The van der Waals surface area contributed by atoms with Crippen LogP contribution >= 0.6 is 0 Å². The monoisotopic (exact) mass is 354 g/mol. The van der Waals surface area contributed by atoms with Crippen molar-refractivity contribution in [3.63, 3.8) is 0 Å². The molecule has 1 aromatic carbocycles. The van der Waals surface area contributed by atoms with E-state index in [9.17, 15) is 4.79 Å². The Bertz CT molecular complexity index is 821. The normalized spacial score (nSPS) is 21.7. The summed E-state index contributed by atoms with van der Waals surface area (Å²) in [4.78, 5) is 14.4. The molecule has 2 aromatic rings. The first-order valence-corrected chi connectivity index (χ1v) is 9.49. The average Bonchev–Trinajstić information content (AvgIpc) is 3.27. The van der Waals surface area contributed by atoms with Gasteiger partial charge in [-0.3, -0.25) is 4.79 Å². The van der Waals surface area contributed by atoms with Gasteiger partial charge in [-0.15, -0.1) is 0 Å². The van der Waals surface area contributed by atoms with Crippen LogP contribution in [0.3, 0.4) is 0 Å². The number of hydrogen-bond acceptors (Lipinski definition) is 3. The van der Waals surface area contributed by atoms with Gasteiger partial charge in [0.25, 0.3) is 0 Å². The molecule has 0 bridgehead atoms. The van der Waals surface area contributed by atoms with Crippen LogP contribution in [0, 0.1) is 0 Å². The SMILES string of the molecule is CC1(C)OB(c2ccc3c(ccn3CC(=O)N3CCCC3)c2)OC1(C)C. The highest BCUT2D eigenvalue weighted by Gasteiger charge is 2.51. The first-order valence-electron chi connectivity index (χ1n) is 9.49. The average molecular weight is 354 g/mol. The fourth-order valence-corrected chi connectivity index (χ4v) is 3.69. The Balaban J connectivity index is 1.55. The first-order chi connectivity index (χ1) is 12.3. The van der Waals surface area contributed by atoms with Gasteiger partial charge in [0.15, 0.2) is 0 Å². The van der Waals surface area contributed by atoms with Gasteiger partial charge in [-0.05, 0) is 63.5 Å². The van der Waals surface area contributed by atoms with Gasteiger partial charge in [0.05, 0.1) is 11.2 Å². The number of amides is 1. The molecule has 0 radical (unpaired) electrons. The van der Waals surface area contributed by atoms with Crippen LogP contribution in [-0.4, -0.2) is 46.8 Å². The minimum absolute atomic E-state index is 0.204. The highest BCUT2D eigenvalue weighted by atomic mass is 16.7. The summed E-state index contributed by atoms with van der Waals surface area (Å²) in [6.07, 6.45) is 4.23. The minimum Gasteiger partial charge on any atom is -0.399 e. The molecule has 26 heavy (non-hydrogen) atoms. The van der Waals surface area contributed by atoms with Gasteiger partial charge in [-0.25, -0.2) is 0 Å². The van der Waals surface area contributed by atoms with Gasteiger partial charge in [0, 0.05) is 24.8 Å². The van der Waals surface area contributed by atoms with Crippen molar-refractivity contribution in [2.75, 3.05) is 13.1 Å². The maximum Gasteiger partial charge on any atom is 0.494 e. The van der Waals surface area contributed by atoms with Crippen molar-refractivity contribution in [3.8, 4) is 0 Å². The van der Waals surface area contributed by atoms with Crippen molar-refractivity contribution in [1.29, 1.82) is 0 Å². The maximum atomic E-state index is 12.4. The summed E-state index contributed by atoms with van der Waals surface area (Å²) in [5.74, 6) is 0.204. The van der Waals surface area contributed by atoms with E-state index in [2.05, 4.69) is 45.9 Å². The molecule has 2 aliphatic heterocycles. The number of fused-ring (bicyclic) bond motifs is 1. The number of hydrogen-bond donors (Lipinski definition) is 0. The van der Waals surface area contributed by atoms with Gasteiger partial charge in [-0.2, -0.15) is 0 Å². The number of aromatic nitrogens is 1. The summed E-state index contributed by atoms with van der Waals surface area (Å²) >= 11 is 0. The largest absolute Gasteiger partial charge is 0.494 e. The molecule has 3 heterocycles. The van der Waals surface area contributed by atoms with Crippen molar-refractivity contribution in [3.05, 3.63) is 30.5 Å². The van der Waals surface area contributed by atoms with E-state index in [0.29, 0.717) is 6.54 Å². The zero-order valence-electron chi connectivity index (χ0n) is 16.1. The van der Waals surface area contributed by atoms with Crippen molar-refractivity contribution in [2.24, 2.45) is 0 Å². The minimum atomic E-state index is -0.362. The summed E-state index contributed by atoms with van der Waals surface area (Å²) in [6, 6.07) is 8.27. The van der Waals surface area contributed by atoms with Crippen LogP contribution < -0.4 is 5.46 Å². The third-order valence-corrected chi connectivity index (χ3v) is 6.08. The third-order valence-electron chi connectivity index (χ3n) is 6.08. The number of rotatable bonds is 3. The lowest BCUT2D eigenvalue weighted by Crippen LogP contribution is -2.41. The van der Waals surface area contributed by atoms with E-state index in [0.717, 1.165) is 42.3 Å². The molecule has 0 aliphatic carbocycles. The lowest BCUT2D eigenvalue weighted by atomic mass is 9.79. The first kappa shape index (κ1) is 17.6. The molecule has 1 aromatic heterocycles. The van der Waals surface area contributed by atoms with Gasteiger partial charge in [0.1, 0.15) is 6.54 Å². The molecule has 0 unspecified atom stereocenters. The fraction of sp³-hybridized carbons (Fsp3) is 0.550. The lowest BCUT2D eigenvalue weighted by Gasteiger charge is -2.32. The van der Waals surface area contributed by atoms with E-state index in [1.807, 2.05) is 21.7 Å². The highest BCUT2D eigenvalue weighted by molar-refractivity contribution is 6.62. The summed E-state index contributed by atoms with van der Waals surface area (Å²) in [5, 5.41) is 1.10. The van der Waals surface area contributed by atoms with Gasteiger partial charge in [0.2, 0.25) is 5.91 Å². The Morgan fingerprint density at radius 3 is 2.38 bits per heavy atom. The Labute approximate surface area is 155 Å². The molecule has 0 atom stereocenters. The van der Waals surface area contributed by atoms with Gasteiger partial charge in [-0.1, -0.05) is 12.1 Å². The van der Waals surface area contributed by atoms with Crippen LogP contribution in [-0.2, 0) is 20.6 Å². The van der Waals surface area contributed by atoms with Gasteiger partial charge < -0.3 is 18.8 Å². The Morgan fingerprint density at radius 1 is 1.08 bits per heavy atom. The topological polar surface area (TPSA) is 43.7 Å². The zero-order valence-corrected chi connectivity index (χ0v) is 16.1.